The quantitative estimate of drug-likeness (QED) is 0.482. The first-order chi connectivity index (χ1) is 13.1. The molecule has 0 saturated heterocycles. The summed E-state index contributed by atoms with van der Waals surface area (Å²) in [5, 5.41) is 0. The molecule has 3 saturated carbocycles. The normalized spacial score (nSPS) is 47.2. The number of carbonyl (C=O) groups is 2. The second-order valence-corrected chi connectivity index (χ2v) is 10.7. The number of ether oxygens (including phenoxy) is 2. The van der Waals surface area contributed by atoms with Gasteiger partial charge in [-0.3, -0.25) is 9.59 Å². The zero-order valence-corrected chi connectivity index (χ0v) is 18.2. The summed E-state index contributed by atoms with van der Waals surface area (Å²) in [6.45, 7) is 9.99. The molecule has 4 heteroatoms. The van der Waals surface area contributed by atoms with Gasteiger partial charge in [-0.1, -0.05) is 25.5 Å². The fourth-order valence-electron chi connectivity index (χ4n) is 7.57. The molecule has 0 aliphatic heterocycles. The number of carbonyl (C=O) groups excluding carboxylic acids is 2. The number of rotatable bonds is 2. The molecule has 0 aromatic carbocycles. The van der Waals surface area contributed by atoms with Gasteiger partial charge >= 0.3 is 11.9 Å². The Kier molecular flexibility index (Phi) is 4.71. The summed E-state index contributed by atoms with van der Waals surface area (Å²) in [5.74, 6) is 1.72. The van der Waals surface area contributed by atoms with Gasteiger partial charge in [-0.05, 0) is 75.0 Å². The number of hydrogen-bond donors (Lipinski definition) is 0. The molecule has 28 heavy (non-hydrogen) atoms. The Morgan fingerprint density at radius 2 is 1.71 bits per heavy atom. The molecule has 0 spiro atoms. The molecule has 0 heterocycles. The van der Waals surface area contributed by atoms with E-state index >= 15 is 0 Å². The highest BCUT2D eigenvalue weighted by atomic mass is 16.6. The molecule has 0 aromatic heterocycles. The summed E-state index contributed by atoms with van der Waals surface area (Å²) < 4.78 is 11.5. The fraction of sp³-hybridized carbons (Fsp3) is 0.833. The Bertz CT molecular complexity index is 711. The van der Waals surface area contributed by atoms with Crippen LogP contribution in [0.1, 0.15) is 86.0 Å². The van der Waals surface area contributed by atoms with Crippen molar-refractivity contribution in [2.45, 2.75) is 97.7 Å². The predicted molar refractivity (Wildman–Crippen MR) is 107 cm³/mol. The van der Waals surface area contributed by atoms with Gasteiger partial charge in [-0.15, -0.1) is 0 Å². The molecule has 4 nitrogen and oxygen atoms in total. The second kappa shape index (κ2) is 6.60. The van der Waals surface area contributed by atoms with Crippen LogP contribution in [0.2, 0.25) is 0 Å². The Morgan fingerprint density at radius 3 is 2.39 bits per heavy atom. The van der Waals surface area contributed by atoms with Crippen molar-refractivity contribution in [3.63, 3.8) is 0 Å². The minimum atomic E-state index is -0.346. The molecule has 7 atom stereocenters. The van der Waals surface area contributed by atoms with Crippen LogP contribution in [0.25, 0.3) is 0 Å². The van der Waals surface area contributed by atoms with Gasteiger partial charge in [0.25, 0.3) is 0 Å². The number of fused-ring (bicyclic) bond motifs is 5. The van der Waals surface area contributed by atoms with Gasteiger partial charge < -0.3 is 9.47 Å². The zero-order valence-electron chi connectivity index (χ0n) is 18.2. The third kappa shape index (κ3) is 3.02. The molecule has 0 bridgehead atoms. The first-order valence-electron chi connectivity index (χ1n) is 11.1. The van der Waals surface area contributed by atoms with Crippen LogP contribution in [-0.4, -0.2) is 23.6 Å². The third-order valence-electron chi connectivity index (χ3n) is 8.97. The second-order valence-electron chi connectivity index (χ2n) is 10.7. The minimum Gasteiger partial charge on any atom is -0.462 e. The van der Waals surface area contributed by atoms with Gasteiger partial charge in [-0.2, -0.15) is 0 Å². The Morgan fingerprint density at radius 1 is 0.964 bits per heavy atom. The van der Waals surface area contributed by atoms with Crippen molar-refractivity contribution in [2.24, 2.45) is 28.6 Å². The first kappa shape index (κ1) is 20.0. The van der Waals surface area contributed by atoms with Crippen LogP contribution in [0, 0.1) is 28.6 Å². The van der Waals surface area contributed by atoms with Crippen molar-refractivity contribution in [3.05, 3.63) is 11.6 Å². The van der Waals surface area contributed by atoms with Crippen LogP contribution in [0.15, 0.2) is 11.6 Å². The van der Waals surface area contributed by atoms with Gasteiger partial charge in [0.2, 0.25) is 0 Å². The highest BCUT2D eigenvalue weighted by Gasteiger charge is 2.60. The molecule has 0 radical (unpaired) electrons. The van der Waals surface area contributed by atoms with Crippen LogP contribution < -0.4 is 0 Å². The van der Waals surface area contributed by atoms with E-state index in [4.69, 9.17) is 9.47 Å². The van der Waals surface area contributed by atoms with Crippen molar-refractivity contribution in [3.8, 4) is 0 Å². The molecular weight excluding hydrogens is 352 g/mol. The molecule has 156 valence electrons. The molecule has 4 rings (SSSR count). The van der Waals surface area contributed by atoms with E-state index in [1.165, 1.54) is 25.3 Å². The van der Waals surface area contributed by atoms with Crippen molar-refractivity contribution >= 4 is 11.9 Å². The average molecular weight is 389 g/mol. The van der Waals surface area contributed by atoms with E-state index < -0.39 is 0 Å². The summed E-state index contributed by atoms with van der Waals surface area (Å²) >= 11 is 0. The third-order valence-corrected chi connectivity index (χ3v) is 8.97. The van der Waals surface area contributed by atoms with E-state index in [0.717, 1.165) is 38.5 Å². The van der Waals surface area contributed by atoms with Crippen molar-refractivity contribution in [1.82, 2.24) is 0 Å². The molecule has 4 aliphatic carbocycles. The van der Waals surface area contributed by atoms with Crippen molar-refractivity contribution in [1.29, 1.82) is 0 Å². The Labute approximate surface area is 169 Å². The molecule has 0 unspecified atom stereocenters. The lowest BCUT2D eigenvalue weighted by Gasteiger charge is -2.58. The summed E-state index contributed by atoms with van der Waals surface area (Å²) in [7, 11) is 0. The summed E-state index contributed by atoms with van der Waals surface area (Å²) in [6.07, 6.45) is 11.2. The van der Waals surface area contributed by atoms with Gasteiger partial charge in [0.05, 0.1) is 0 Å². The van der Waals surface area contributed by atoms with Crippen LogP contribution in [0.3, 0.4) is 0 Å². The summed E-state index contributed by atoms with van der Waals surface area (Å²) in [6, 6.07) is 0. The Hall–Kier alpha value is -1.32. The predicted octanol–water partition coefficient (Wildman–Crippen LogP) is 5.20. The molecule has 0 amide bonds. The van der Waals surface area contributed by atoms with Crippen LogP contribution in [0.4, 0.5) is 0 Å². The van der Waals surface area contributed by atoms with Crippen molar-refractivity contribution in [2.75, 3.05) is 0 Å². The van der Waals surface area contributed by atoms with Gasteiger partial charge in [0, 0.05) is 25.7 Å². The Balaban J connectivity index is 1.58. The lowest BCUT2D eigenvalue weighted by molar-refractivity contribution is -0.161. The lowest BCUT2D eigenvalue weighted by atomic mass is 9.47. The zero-order chi connectivity index (χ0) is 20.3. The van der Waals surface area contributed by atoms with Crippen LogP contribution in [0.5, 0.6) is 0 Å². The SMILES string of the molecule is CC(=O)O[C@@H]1CC[C@@H]2[C@H]3CC=C4C[C@](C)(OC(C)=O)CC[C@]4(C)[C@@H]3CC[C@]21C. The van der Waals surface area contributed by atoms with E-state index in [9.17, 15) is 9.59 Å². The molecule has 0 aromatic rings. The smallest absolute Gasteiger partial charge is 0.303 e. The molecular formula is C24H36O4. The van der Waals surface area contributed by atoms with Crippen LogP contribution >= 0.6 is 0 Å². The monoisotopic (exact) mass is 388 g/mol. The standard InChI is InChI=1S/C24H36O4/c1-15(25)27-21-9-8-19-18-7-6-17-14-22(3,28-16(2)26)12-13-23(17,4)20(18)10-11-24(19,21)5/h6,18-21H,7-14H2,1-5H3/t18-,19-,20-,21-,22-,23+,24-/m1/s1. The molecule has 4 aliphatic rings. The summed E-state index contributed by atoms with van der Waals surface area (Å²) in [4.78, 5) is 23.2. The topological polar surface area (TPSA) is 52.6 Å². The largest absolute Gasteiger partial charge is 0.462 e. The van der Waals surface area contributed by atoms with E-state index in [1.54, 1.807) is 6.92 Å². The van der Waals surface area contributed by atoms with E-state index in [-0.39, 0.29) is 34.5 Å². The van der Waals surface area contributed by atoms with E-state index in [2.05, 4.69) is 26.8 Å². The number of allylic oxidation sites excluding steroid dienone is 1. The number of esters is 2. The maximum absolute atomic E-state index is 11.6. The molecule has 3 fully saturated rings. The molecule has 0 N–H and O–H groups in total. The van der Waals surface area contributed by atoms with Crippen molar-refractivity contribution < 1.29 is 19.1 Å². The van der Waals surface area contributed by atoms with E-state index in [1.807, 2.05) is 0 Å². The maximum atomic E-state index is 11.6. The van der Waals surface area contributed by atoms with Crippen LogP contribution in [-0.2, 0) is 19.1 Å². The lowest BCUT2D eigenvalue weighted by Crippen LogP contribution is -2.53. The van der Waals surface area contributed by atoms with Gasteiger partial charge in [0.1, 0.15) is 11.7 Å². The van der Waals surface area contributed by atoms with Gasteiger partial charge in [0.15, 0.2) is 0 Å². The van der Waals surface area contributed by atoms with E-state index in [0.29, 0.717) is 17.8 Å². The average Bonchev–Trinajstić information content (AvgIpc) is 2.91. The maximum Gasteiger partial charge on any atom is 0.303 e. The highest BCUT2D eigenvalue weighted by Crippen LogP contribution is 2.66. The fourth-order valence-corrected chi connectivity index (χ4v) is 7.57. The first-order valence-corrected chi connectivity index (χ1v) is 11.1. The van der Waals surface area contributed by atoms with Gasteiger partial charge in [-0.25, -0.2) is 0 Å². The minimum absolute atomic E-state index is 0.0905. The summed E-state index contributed by atoms with van der Waals surface area (Å²) in [5.41, 5.74) is 1.53. The highest BCUT2D eigenvalue weighted by molar-refractivity contribution is 5.66. The number of hydrogen-bond acceptors (Lipinski definition) is 4.